The van der Waals surface area contributed by atoms with Gasteiger partial charge in [-0.1, -0.05) is 47.1 Å². The van der Waals surface area contributed by atoms with Crippen molar-refractivity contribution in [2.45, 2.75) is 61.8 Å². The number of hydrogen-bond donors (Lipinski definition) is 0. The van der Waals surface area contributed by atoms with Crippen molar-refractivity contribution in [3.8, 4) is 0 Å². The molecule has 0 radical (unpaired) electrons. The molecule has 0 N–H and O–H groups in total. The molecule has 1 aromatic rings. The summed E-state index contributed by atoms with van der Waals surface area (Å²) in [5, 5.41) is 0. The molecule has 2 heterocycles. The van der Waals surface area contributed by atoms with Gasteiger partial charge in [-0.05, 0) is 19.9 Å². The third-order valence-corrected chi connectivity index (χ3v) is 2.05. The highest BCUT2D eigenvalue weighted by Crippen LogP contribution is 2.24. The van der Waals surface area contributed by atoms with E-state index in [4.69, 9.17) is 0 Å². The first-order valence-electron chi connectivity index (χ1n) is 7.28. The van der Waals surface area contributed by atoms with Gasteiger partial charge in [-0.25, -0.2) is 9.97 Å². The second kappa shape index (κ2) is 12.9. The van der Waals surface area contributed by atoms with Gasteiger partial charge in [0.15, 0.2) is 0 Å². The molecule has 19 heavy (non-hydrogen) atoms. The summed E-state index contributed by atoms with van der Waals surface area (Å²) in [6, 6.07) is 0. The molecule has 0 unspecified atom stereocenters. The van der Waals surface area contributed by atoms with Crippen LogP contribution in [0.15, 0.2) is 16.9 Å². The van der Waals surface area contributed by atoms with Crippen LogP contribution in [0.4, 0.5) is 5.69 Å². The Labute approximate surface area is 118 Å². The monoisotopic (exact) mass is 263 g/mol. The highest BCUT2D eigenvalue weighted by Gasteiger charge is 2.06. The highest BCUT2D eigenvalue weighted by atomic mass is 14.9. The Balaban J connectivity index is 0. The van der Waals surface area contributed by atoms with Crippen molar-refractivity contribution in [3.63, 3.8) is 0 Å². The van der Waals surface area contributed by atoms with Crippen LogP contribution in [0.5, 0.6) is 0 Å². The Morgan fingerprint density at radius 1 is 0.895 bits per heavy atom. The minimum atomic E-state index is 0.899. The number of aliphatic imine (C=N–C) groups is 1. The van der Waals surface area contributed by atoms with E-state index >= 15 is 0 Å². The molecule has 0 saturated carbocycles. The SMILES string of the molecule is CC.CC.CC.CC1=Cc2ncnc(C)c2N=CC1. The van der Waals surface area contributed by atoms with Crippen molar-refractivity contribution in [2.75, 3.05) is 0 Å². The third-order valence-electron chi connectivity index (χ3n) is 2.05. The molecule has 3 heteroatoms. The fourth-order valence-corrected chi connectivity index (χ4v) is 1.32. The van der Waals surface area contributed by atoms with E-state index in [2.05, 4.69) is 28.0 Å². The first kappa shape index (κ1) is 19.8. The second-order valence-corrected chi connectivity index (χ2v) is 3.20. The number of rotatable bonds is 0. The average molecular weight is 263 g/mol. The van der Waals surface area contributed by atoms with E-state index in [1.807, 2.05) is 54.7 Å². The van der Waals surface area contributed by atoms with Gasteiger partial charge in [0.2, 0.25) is 0 Å². The summed E-state index contributed by atoms with van der Waals surface area (Å²) in [5.74, 6) is 0. The van der Waals surface area contributed by atoms with E-state index in [9.17, 15) is 0 Å². The Morgan fingerprint density at radius 3 is 2.05 bits per heavy atom. The summed E-state index contributed by atoms with van der Waals surface area (Å²) in [4.78, 5) is 12.6. The van der Waals surface area contributed by atoms with E-state index in [-0.39, 0.29) is 0 Å². The summed E-state index contributed by atoms with van der Waals surface area (Å²) < 4.78 is 0. The zero-order valence-electron chi connectivity index (χ0n) is 13.8. The van der Waals surface area contributed by atoms with Crippen LogP contribution in [0.3, 0.4) is 0 Å². The zero-order chi connectivity index (χ0) is 15.3. The van der Waals surface area contributed by atoms with Crippen molar-refractivity contribution in [1.29, 1.82) is 0 Å². The lowest BCUT2D eigenvalue weighted by atomic mass is 10.2. The van der Waals surface area contributed by atoms with Gasteiger partial charge in [-0.3, -0.25) is 4.99 Å². The van der Waals surface area contributed by atoms with Crippen molar-refractivity contribution in [1.82, 2.24) is 9.97 Å². The van der Waals surface area contributed by atoms with Crippen LogP contribution in [0, 0.1) is 6.92 Å². The minimum absolute atomic E-state index is 0.899. The maximum atomic E-state index is 4.33. The summed E-state index contributed by atoms with van der Waals surface area (Å²) >= 11 is 0. The summed E-state index contributed by atoms with van der Waals surface area (Å²) in [6.07, 6.45) is 6.46. The first-order valence-corrected chi connectivity index (χ1v) is 7.28. The summed E-state index contributed by atoms with van der Waals surface area (Å²) in [6.45, 7) is 16.0. The predicted molar refractivity (Wildman–Crippen MR) is 87.2 cm³/mol. The van der Waals surface area contributed by atoms with Gasteiger partial charge < -0.3 is 0 Å². The molecule has 0 amide bonds. The van der Waals surface area contributed by atoms with E-state index in [1.165, 1.54) is 5.57 Å². The van der Waals surface area contributed by atoms with Crippen molar-refractivity contribution in [2.24, 2.45) is 4.99 Å². The molecular weight excluding hydrogens is 234 g/mol. The largest absolute Gasteiger partial charge is 0.257 e. The van der Waals surface area contributed by atoms with Crippen LogP contribution < -0.4 is 0 Å². The van der Waals surface area contributed by atoms with Gasteiger partial charge in [-0.2, -0.15) is 0 Å². The molecule has 0 spiro atoms. The Bertz CT molecular complexity index is 393. The van der Waals surface area contributed by atoms with Gasteiger partial charge in [0.25, 0.3) is 0 Å². The van der Waals surface area contributed by atoms with Crippen LogP contribution in [0.1, 0.15) is 66.3 Å². The van der Waals surface area contributed by atoms with Gasteiger partial charge in [0.05, 0.1) is 11.4 Å². The molecule has 1 aromatic heterocycles. The van der Waals surface area contributed by atoms with Gasteiger partial charge in [0, 0.05) is 12.6 Å². The lowest BCUT2D eigenvalue weighted by Gasteiger charge is -2.00. The molecule has 0 aliphatic carbocycles. The number of allylic oxidation sites excluding steroid dienone is 1. The Kier molecular flexibility index (Phi) is 13.5. The van der Waals surface area contributed by atoms with Crippen LogP contribution >= 0.6 is 0 Å². The molecular formula is C16H29N3. The molecule has 0 bridgehead atoms. The second-order valence-electron chi connectivity index (χ2n) is 3.20. The Hall–Kier alpha value is -1.51. The molecule has 108 valence electrons. The van der Waals surface area contributed by atoms with Crippen LogP contribution in [0.25, 0.3) is 6.08 Å². The maximum Gasteiger partial charge on any atom is 0.116 e. The predicted octanol–water partition coefficient (Wildman–Crippen LogP) is 5.37. The lowest BCUT2D eigenvalue weighted by Crippen LogP contribution is -1.88. The average Bonchev–Trinajstić information content (AvgIpc) is 2.67. The number of hydrogen-bond acceptors (Lipinski definition) is 3. The molecule has 0 fully saturated rings. The van der Waals surface area contributed by atoms with Crippen molar-refractivity contribution >= 4 is 18.0 Å². The van der Waals surface area contributed by atoms with Gasteiger partial charge in [0.1, 0.15) is 12.0 Å². The van der Waals surface area contributed by atoms with Crippen molar-refractivity contribution in [3.05, 3.63) is 23.3 Å². The number of aryl methyl sites for hydroxylation is 1. The lowest BCUT2D eigenvalue weighted by molar-refractivity contribution is 1.08. The van der Waals surface area contributed by atoms with E-state index < -0.39 is 0 Å². The van der Waals surface area contributed by atoms with Gasteiger partial charge >= 0.3 is 0 Å². The third kappa shape index (κ3) is 6.85. The Morgan fingerprint density at radius 2 is 1.47 bits per heavy atom. The highest BCUT2D eigenvalue weighted by molar-refractivity contribution is 5.76. The normalized spacial score (nSPS) is 11.1. The van der Waals surface area contributed by atoms with Crippen molar-refractivity contribution < 1.29 is 0 Å². The van der Waals surface area contributed by atoms with Crippen LogP contribution in [-0.2, 0) is 0 Å². The smallest absolute Gasteiger partial charge is 0.116 e. The van der Waals surface area contributed by atoms with E-state index in [1.54, 1.807) is 6.33 Å². The van der Waals surface area contributed by atoms with Crippen LogP contribution in [0.2, 0.25) is 0 Å². The maximum absolute atomic E-state index is 4.33. The number of nitrogens with zero attached hydrogens (tertiary/aromatic N) is 3. The number of aromatic nitrogens is 2. The standard InChI is InChI=1S/C10H11N3.3C2H6/c1-7-3-4-11-10-8(2)12-6-13-9(10)5-7;3*1-2/h4-6H,3H2,1-2H3;3*1-2H3. The molecule has 2 rings (SSSR count). The fraction of sp³-hybridized carbons (Fsp3) is 0.562. The van der Waals surface area contributed by atoms with Gasteiger partial charge in [-0.15, -0.1) is 0 Å². The number of fused-ring (bicyclic) bond motifs is 1. The summed E-state index contributed by atoms with van der Waals surface area (Å²) in [5.41, 5.74) is 4.05. The molecule has 0 saturated heterocycles. The zero-order valence-corrected chi connectivity index (χ0v) is 13.8. The van der Waals surface area contributed by atoms with Crippen LogP contribution in [-0.4, -0.2) is 16.2 Å². The minimum Gasteiger partial charge on any atom is -0.257 e. The molecule has 1 aliphatic heterocycles. The summed E-state index contributed by atoms with van der Waals surface area (Å²) in [7, 11) is 0. The topological polar surface area (TPSA) is 38.1 Å². The molecule has 1 aliphatic rings. The van der Waals surface area contributed by atoms with E-state index in [0.29, 0.717) is 0 Å². The quantitative estimate of drug-likeness (QED) is 0.631. The fourth-order valence-electron chi connectivity index (χ4n) is 1.32. The van der Waals surface area contributed by atoms with E-state index in [0.717, 1.165) is 23.5 Å². The molecule has 0 aromatic carbocycles. The first-order chi connectivity index (χ1) is 9.27. The molecule has 0 atom stereocenters. The molecule has 3 nitrogen and oxygen atoms in total.